The summed E-state index contributed by atoms with van der Waals surface area (Å²) in [5.41, 5.74) is 22.8. The zero-order valence-electron chi connectivity index (χ0n) is 60.4. The minimum atomic E-state index is 0.742. The maximum atomic E-state index is 7.15. The van der Waals surface area contributed by atoms with Crippen LogP contribution in [0.5, 0.6) is 0 Å². The van der Waals surface area contributed by atoms with Crippen LogP contribution in [-0.2, 0) is 0 Å². The average Bonchev–Trinajstić information content (AvgIpc) is 0.956. The molecule has 0 fully saturated rings. The fraction of sp³-hybridized carbons (Fsp3) is 0.0577. The summed E-state index contributed by atoms with van der Waals surface area (Å²) in [6, 6.07) is 92.1. The van der Waals surface area contributed by atoms with Crippen molar-refractivity contribution in [3.63, 3.8) is 0 Å². The third kappa shape index (κ3) is 12.9. The third-order valence-electron chi connectivity index (χ3n) is 21.5. The van der Waals surface area contributed by atoms with Gasteiger partial charge in [0, 0.05) is 41.4 Å². The summed E-state index contributed by atoms with van der Waals surface area (Å²) in [6.07, 6.45) is 30.3. The monoisotopic (exact) mass is 1420 g/mol. The van der Waals surface area contributed by atoms with E-state index in [1.54, 1.807) is 11.3 Å². The van der Waals surface area contributed by atoms with Gasteiger partial charge in [-0.15, -0.1) is 24.0 Å². The third-order valence-corrected chi connectivity index (χ3v) is 22.9. The minimum absolute atomic E-state index is 0.742. The van der Waals surface area contributed by atoms with E-state index in [4.69, 9.17) is 34.6 Å². The highest BCUT2D eigenvalue weighted by molar-refractivity contribution is 7.80. The molecule has 0 aliphatic heterocycles. The largest absolute Gasteiger partial charge is 0.464 e. The van der Waals surface area contributed by atoms with E-state index in [2.05, 4.69) is 324 Å². The second kappa shape index (κ2) is 29.8. The summed E-state index contributed by atoms with van der Waals surface area (Å²) < 4.78 is 15.0. The van der Waals surface area contributed by atoms with Crippen LogP contribution in [0.3, 0.4) is 0 Å². The average molecular weight is 1420 g/mol. The van der Waals surface area contributed by atoms with Gasteiger partial charge in [0.2, 0.25) is 0 Å². The molecule has 15 aromatic rings. The SMILES string of the molecule is C=C/C=C\c1cc2c(ccc3cc4ccc(-c5cccc(-c6c7c(c(C(=C)c8ccccc8C=C)c8ccccc68)=CCCC=7)c5)cc(-c5cccc(C(=C)c6ccccccc(C7=CC(C/C=c8\c(=C/C)oc9cc%10cc(S)c(-c%11ccccc%11)cc%10cc89)=CCC7)c7ccccc67)c5C=C)coc4cc32)s1. The highest BCUT2D eigenvalue weighted by Crippen LogP contribution is 2.42. The van der Waals surface area contributed by atoms with Crippen LogP contribution >= 0.6 is 24.0 Å². The maximum absolute atomic E-state index is 7.15. The van der Waals surface area contributed by atoms with E-state index in [0.29, 0.717) is 0 Å². The highest BCUT2D eigenvalue weighted by atomic mass is 32.1. The molecular weight excluding hydrogens is 1350 g/mol. The number of thiol groups is 1. The van der Waals surface area contributed by atoms with E-state index in [-0.39, 0.29) is 0 Å². The lowest BCUT2D eigenvalue weighted by molar-refractivity contribution is 0.575. The number of thiophene rings is 1. The molecule has 2 aliphatic carbocycles. The fourth-order valence-electron chi connectivity index (χ4n) is 16.3. The first-order valence-corrected chi connectivity index (χ1v) is 38.3. The van der Waals surface area contributed by atoms with Gasteiger partial charge in [-0.05, 0) is 266 Å². The van der Waals surface area contributed by atoms with Crippen LogP contribution in [0.25, 0.3) is 179 Å². The number of benzene rings is 11. The molecule has 2 aliphatic rings. The molecule has 0 unspecified atom stereocenters. The van der Waals surface area contributed by atoms with Gasteiger partial charge < -0.3 is 8.83 Å². The Morgan fingerprint density at radius 3 is 2.00 bits per heavy atom. The summed E-state index contributed by atoms with van der Waals surface area (Å²) >= 11 is 6.72. The van der Waals surface area contributed by atoms with Crippen molar-refractivity contribution in [3.05, 3.63) is 389 Å². The van der Waals surface area contributed by atoms with E-state index in [1.807, 2.05) is 30.6 Å². The zero-order chi connectivity index (χ0) is 73.4. The summed E-state index contributed by atoms with van der Waals surface area (Å²) in [6.45, 7) is 24.7. The van der Waals surface area contributed by atoms with Crippen LogP contribution in [-0.4, -0.2) is 0 Å². The molecule has 518 valence electrons. The molecule has 0 radical (unpaired) electrons. The molecule has 3 aromatic heterocycles. The molecule has 0 atom stereocenters. The molecule has 0 N–H and O–H groups in total. The Balaban J connectivity index is 0.792. The van der Waals surface area contributed by atoms with Crippen molar-refractivity contribution in [2.75, 3.05) is 0 Å². The predicted molar refractivity (Wildman–Crippen MR) is 472 cm³/mol. The molecule has 0 amide bonds. The van der Waals surface area contributed by atoms with Gasteiger partial charge in [0.15, 0.2) is 0 Å². The molecule has 2 nitrogen and oxygen atoms in total. The molecule has 4 heteroatoms. The Morgan fingerprint density at radius 1 is 0.481 bits per heavy atom. The van der Waals surface area contributed by atoms with E-state index in [0.717, 1.165) is 185 Å². The quantitative estimate of drug-likeness (QED) is 0.0818. The van der Waals surface area contributed by atoms with Crippen molar-refractivity contribution < 1.29 is 8.83 Å². The van der Waals surface area contributed by atoms with Crippen molar-refractivity contribution in [2.24, 2.45) is 0 Å². The van der Waals surface area contributed by atoms with Gasteiger partial charge in [-0.2, -0.15) is 0 Å². The molecule has 0 saturated carbocycles. The lowest BCUT2D eigenvalue weighted by atomic mass is 9.83. The molecule has 12 aromatic carbocycles. The molecule has 0 bridgehead atoms. The summed E-state index contributed by atoms with van der Waals surface area (Å²) in [5, 5.41) is 15.9. The zero-order valence-corrected chi connectivity index (χ0v) is 62.1. The number of hydrogen-bond donors (Lipinski definition) is 1. The van der Waals surface area contributed by atoms with Crippen LogP contribution in [0, 0.1) is 0 Å². The number of rotatable bonds is 15. The lowest BCUT2D eigenvalue weighted by Gasteiger charge is -2.20. The van der Waals surface area contributed by atoms with Gasteiger partial charge >= 0.3 is 0 Å². The highest BCUT2D eigenvalue weighted by Gasteiger charge is 2.22. The van der Waals surface area contributed by atoms with E-state index < -0.39 is 0 Å². The number of furan rings is 1. The van der Waals surface area contributed by atoms with E-state index in [1.165, 1.54) is 59.1 Å². The van der Waals surface area contributed by atoms with Crippen LogP contribution < -0.4 is 21.1 Å². The van der Waals surface area contributed by atoms with Gasteiger partial charge in [-0.25, -0.2) is 0 Å². The number of hydrogen-bond acceptors (Lipinski definition) is 4. The first-order chi connectivity index (χ1) is 53.1. The predicted octanol–water partition coefficient (Wildman–Crippen LogP) is 26.9. The molecule has 0 saturated heterocycles. The Morgan fingerprint density at radius 2 is 1.17 bits per heavy atom. The normalized spacial score (nSPS) is 13.1. The van der Waals surface area contributed by atoms with Crippen LogP contribution in [0.15, 0.2) is 338 Å². The fourth-order valence-corrected chi connectivity index (χ4v) is 17.6. The van der Waals surface area contributed by atoms with Crippen molar-refractivity contribution >= 4 is 158 Å². The van der Waals surface area contributed by atoms with Crippen LogP contribution in [0.1, 0.15) is 82.8 Å². The molecule has 3 heterocycles. The van der Waals surface area contributed by atoms with Gasteiger partial charge in [0.05, 0.1) is 6.26 Å². The Hall–Kier alpha value is -12.6. The van der Waals surface area contributed by atoms with Gasteiger partial charge in [0.25, 0.3) is 0 Å². The number of allylic oxidation sites excluding steroid dienone is 6. The van der Waals surface area contributed by atoms with E-state index in [9.17, 15) is 0 Å². The van der Waals surface area contributed by atoms with Crippen molar-refractivity contribution in [1.82, 2.24) is 0 Å². The molecule has 0 spiro atoms. The Kier molecular flexibility index (Phi) is 18.9. The van der Waals surface area contributed by atoms with Gasteiger partial charge in [-0.3, -0.25) is 0 Å². The second-order valence-electron chi connectivity index (χ2n) is 27.8. The molecule has 108 heavy (non-hydrogen) atoms. The van der Waals surface area contributed by atoms with E-state index >= 15 is 0 Å². The molecule has 17 rings (SSSR count). The standard InChI is InChI=1S/C104H78O2S2/c1-7-11-37-80-63-97-94-64-99-75(58-74(94)52-54-102(97)108-80)51-50-72(71-34-28-36-76(56-71)104-92-45-25-23-43-90(92)103(91-44-24-26-46-93(91)104)67(6)82-38-20-19-31-69(82)8-2)57-79(65-105-99)86-48-29-47-83(81(86)9-3)66(5)84-39-17-12-13-18-40-85(88-42-22-21-41-87(84)88)73-35-27-30-68(55-73)49-53-89-96-60-77-59-95(70-32-15-14-16-33-70)101(107)62-78(77)61-100(96)106-98(89)10-4/h7-23,25,28-34,36-48,50-65,107H,1-3,5-6,24,26-27,35,49H2,4H3/b13-12?,17-12?,18-13?,37-11-,39-17?,40-18?,51-50?,72-57?,79-65?,84-39?,85-40?,87-84?,88-85?,89-53-,98-10+. The van der Waals surface area contributed by atoms with Crippen molar-refractivity contribution in [1.29, 1.82) is 0 Å². The van der Waals surface area contributed by atoms with Crippen molar-refractivity contribution in [3.8, 4) is 44.5 Å². The molecular formula is C104H78O2S2. The van der Waals surface area contributed by atoms with Gasteiger partial charge in [-0.1, -0.05) is 282 Å². The van der Waals surface area contributed by atoms with Crippen LogP contribution in [0.4, 0.5) is 0 Å². The number of fused-ring (bicyclic) bond motifs is 9. The van der Waals surface area contributed by atoms with Crippen molar-refractivity contribution in [2.45, 2.75) is 43.9 Å². The smallest absolute Gasteiger partial charge is 0.136 e. The lowest BCUT2D eigenvalue weighted by Crippen LogP contribution is -2.33. The van der Waals surface area contributed by atoms with Gasteiger partial charge in [0.1, 0.15) is 16.6 Å². The minimum Gasteiger partial charge on any atom is -0.464 e. The first-order valence-electron chi connectivity index (χ1n) is 37.1. The maximum Gasteiger partial charge on any atom is 0.136 e. The van der Waals surface area contributed by atoms with Crippen LogP contribution in [0.2, 0.25) is 0 Å². The Bertz CT molecular complexity index is 6830. The first kappa shape index (κ1) is 68.5. The Labute approximate surface area is 639 Å². The summed E-state index contributed by atoms with van der Waals surface area (Å²) in [7, 11) is 0. The summed E-state index contributed by atoms with van der Waals surface area (Å²) in [4.78, 5) is 2.10. The topological polar surface area (TPSA) is 26.3 Å². The second-order valence-corrected chi connectivity index (χ2v) is 29.4. The summed E-state index contributed by atoms with van der Waals surface area (Å²) in [5.74, 6) is 0.